The molecule has 5 nitrogen and oxygen atoms in total. The average molecular weight is 300 g/mol. The molecule has 2 aliphatic heterocycles. The minimum atomic E-state index is -0.334. The van der Waals surface area contributed by atoms with Gasteiger partial charge in [-0.2, -0.15) is 0 Å². The van der Waals surface area contributed by atoms with Gasteiger partial charge in [0.1, 0.15) is 0 Å². The molecule has 0 spiro atoms. The van der Waals surface area contributed by atoms with E-state index in [1.165, 1.54) is 43.4 Å². The second-order valence-electron chi connectivity index (χ2n) is 6.42. The van der Waals surface area contributed by atoms with E-state index in [9.17, 15) is 10.1 Å². The highest BCUT2D eigenvalue weighted by molar-refractivity contribution is 5.64. The van der Waals surface area contributed by atoms with Gasteiger partial charge in [-0.3, -0.25) is 10.1 Å². The third-order valence-electron chi connectivity index (χ3n) is 5.12. The van der Waals surface area contributed by atoms with Crippen LogP contribution in [0.3, 0.4) is 0 Å². The van der Waals surface area contributed by atoms with Crippen molar-refractivity contribution in [1.82, 2.24) is 0 Å². The number of hydrogen-bond acceptors (Lipinski definition) is 4. The maximum Gasteiger partial charge on any atom is 0.269 e. The smallest absolute Gasteiger partial charge is 0.269 e. The van der Waals surface area contributed by atoms with E-state index in [1.807, 2.05) is 6.07 Å². The summed E-state index contributed by atoms with van der Waals surface area (Å²) >= 11 is 0. The number of nitro groups is 1. The van der Waals surface area contributed by atoms with Gasteiger partial charge in [-0.25, -0.2) is 0 Å². The molecule has 1 aromatic rings. The van der Waals surface area contributed by atoms with E-state index in [0.717, 1.165) is 24.3 Å². The quantitative estimate of drug-likeness (QED) is 0.620. The van der Waals surface area contributed by atoms with Gasteiger partial charge in [-0.15, -0.1) is 0 Å². The predicted octanol–water partition coefficient (Wildman–Crippen LogP) is 4.32. The van der Waals surface area contributed by atoms with E-state index in [-0.39, 0.29) is 16.7 Å². The van der Waals surface area contributed by atoms with Crippen molar-refractivity contribution in [2.75, 3.05) is 11.9 Å². The fraction of sp³-hybridized carbons (Fsp3) is 0.529. The first kappa shape index (κ1) is 13.8. The molecule has 22 heavy (non-hydrogen) atoms. The molecular formula is C17H20N2O3. The van der Waals surface area contributed by atoms with Gasteiger partial charge in [0.15, 0.2) is 0 Å². The summed E-state index contributed by atoms with van der Waals surface area (Å²) in [6, 6.07) is 5.08. The molecule has 1 aromatic carbocycles. The molecule has 2 heterocycles. The van der Waals surface area contributed by atoms with E-state index < -0.39 is 0 Å². The molecule has 0 amide bonds. The third-order valence-corrected chi connectivity index (χ3v) is 5.12. The Morgan fingerprint density at radius 1 is 1.23 bits per heavy atom. The van der Waals surface area contributed by atoms with Crippen molar-refractivity contribution in [1.29, 1.82) is 0 Å². The summed E-state index contributed by atoms with van der Waals surface area (Å²) in [5, 5.41) is 14.6. The second-order valence-corrected chi connectivity index (χ2v) is 6.42. The van der Waals surface area contributed by atoms with Crippen LogP contribution in [0.25, 0.3) is 0 Å². The summed E-state index contributed by atoms with van der Waals surface area (Å²) in [5.41, 5.74) is 4.93. The number of ether oxygens (including phenoxy) is 1. The van der Waals surface area contributed by atoms with Crippen LogP contribution >= 0.6 is 0 Å². The van der Waals surface area contributed by atoms with Gasteiger partial charge >= 0.3 is 0 Å². The minimum Gasteiger partial charge on any atom is -0.373 e. The molecule has 0 radical (unpaired) electrons. The van der Waals surface area contributed by atoms with Gasteiger partial charge in [-0.1, -0.05) is 12.0 Å². The number of fused-ring (bicyclic) bond motifs is 3. The Balaban J connectivity index is 1.77. The first-order valence-corrected chi connectivity index (χ1v) is 8.13. The normalized spacial score (nSPS) is 27.1. The Labute approximate surface area is 129 Å². The van der Waals surface area contributed by atoms with Crippen molar-refractivity contribution < 1.29 is 9.66 Å². The molecule has 2 atom stereocenters. The minimum absolute atomic E-state index is 0.0272. The topological polar surface area (TPSA) is 64.4 Å². The molecular weight excluding hydrogens is 280 g/mol. The van der Waals surface area contributed by atoms with Crippen LogP contribution in [0.1, 0.15) is 50.2 Å². The largest absolute Gasteiger partial charge is 0.373 e. The predicted molar refractivity (Wildman–Crippen MR) is 83.6 cm³/mol. The maximum absolute atomic E-state index is 11.0. The van der Waals surface area contributed by atoms with Crippen LogP contribution in [0.5, 0.6) is 0 Å². The van der Waals surface area contributed by atoms with Gasteiger partial charge in [0, 0.05) is 41.6 Å². The molecule has 1 saturated heterocycles. The first-order chi connectivity index (χ1) is 10.7. The van der Waals surface area contributed by atoms with Crippen molar-refractivity contribution in [3.05, 3.63) is 45.1 Å². The van der Waals surface area contributed by atoms with Crippen LogP contribution in [0.15, 0.2) is 29.5 Å². The summed E-state index contributed by atoms with van der Waals surface area (Å²) in [4.78, 5) is 10.7. The Hall–Kier alpha value is -1.88. The monoisotopic (exact) mass is 300 g/mol. The highest BCUT2D eigenvalue weighted by Gasteiger charge is 2.39. The molecule has 4 rings (SSSR count). The van der Waals surface area contributed by atoms with Gasteiger partial charge in [0.2, 0.25) is 0 Å². The fourth-order valence-corrected chi connectivity index (χ4v) is 4.04. The van der Waals surface area contributed by atoms with E-state index >= 15 is 0 Å². The number of anilines is 1. The van der Waals surface area contributed by atoms with Gasteiger partial charge in [0.05, 0.1) is 11.0 Å². The zero-order valence-electron chi connectivity index (χ0n) is 12.5. The number of nitrogens with one attached hydrogen (secondary N) is 1. The van der Waals surface area contributed by atoms with Crippen molar-refractivity contribution in [3.63, 3.8) is 0 Å². The molecule has 0 unspecified atom stereocenters. The van der Waals surface area contributed by atoms with Crippen LogP contribution in [-0.2, 0) is 4.74 Å². The summed E-state index contributed by atoms with van der Waals surface area (Å²) in [5.74, 6) is 0.336. The zero-order valence-corrected chi connectivity index (χ0v) is 12.5. The lowest BCUT2D eigenvalue weighted by molar-refractivity contribution is -0.385. The summed E-state index contributed by atoms with van der Waals surface area (Å²) in [6.45, 7) is 0.732. The zero-order chi connectivity index (χ0) is 15.1. The lowest BCUT2D eigenvalue weighted by Crippen LogP contribution is -2.25. The fourth-order valence-electron chi connectivity index (χ4n) is 4.04. The van der Waals surface area contributed by atoms with Crippen molar-refractivity contribution in [2.24, 2.45) is 5.92 Å². The number of benzene rings is 1. The molecule has 1 saturated carbocycles. The molecule has 2 fully saturated rings. The highest BCUT2D eigenvalue weighted by atomic mass is 16.6. The number of nitro benzene ring substituents is 1. The number of rotatable bonds is 1. The molecule has 116 valence electrons. The second kappa shape index (κ2) is 5.39. The lowest BCUT2D eigenvalue weighted by Gasteiger charge is -2.34. The number of non-ortho nitro benzene ring substituents is 1. The maximum atomic E-state index is 11.0. The molecule has 1 aliphatic carbocycles. The lowest BCUT2D eigenvalue weighted by atomic mass is 9.82. The van der Waals surface area contributed by atoms with E-state index in [0.29, 0.717) is 5.92 Å². The molecule has 0 bridgehead atoms. The van der Waals surface area contributed by atoms with Gasteiger partial charge < -0.3 is 10.1 Å². The van der Waals surface area contributed by atoms with E-state index in [4.69, 9.17) is 4.74 Å². The Kier molecular flexibility index (Phi) is 3.37. The van der Waals surface area contributed by atoms with Crippen molar-refractivity contribution in [3.8, 4) is 0 Å². The Morgan fingerprint density at radius 3 is 2.82 bits per heavy atom. The molecule has 3 aliphatic rings. The van der Waals surface area contributed by atoms with Crippen LogP contribution in [0.2, 0.25) is 0 Å². The molecule has 1 N–H and O–H groups in total. The van der Waals surface area contributed by atoms with Crippen LogP contribution in [0, 0.1) is 16.0 Å². The summed E-state index contributed by atoms with van der Waals surface area (Å²) in [6.07, 6.45) is 7.18. The van der Waals surface area contributed by atoms with Crippen LogP contribution in [-0.4, -0.2) is 11.5 Å². The number of allylic oxidation sites excluding steroid dienone is 1. The van der Waals surface area contributed by atoms with Crippen LogP contribution < -0.4 is 5.32 Å². The van der Waals surface area contributed by atoms with Gasteiger partial charge in [0.25, 0.3) is 5.69 Å². The average Bonchev–Trinajstić information content (AvgIpc) is 3.04. The third kappa shape index (κ3) is 2.20. The standard InChI is InChI=1S/C17H20N2O3/c20-19(21)12-6-7-15-14(10-12)17-13(8-9-22-17)16(18-15)11-4-2-1-3-5-11/h6-7,10,13,17-18H,1-5,8-9H2/t13-,17-/m0/s1. The Bertz CT molecular complexity index is 645. The number of hydrogen-bond donors (Lipinski definition) is 1. The summed E-state index contributed by atoms with van der Waals surface area (Å²) < 4.78 is 5.94. The van der Waals surface area contributed by atoms with Gasteiger partial charge in [-0.05, 0) is 38.2 Å². The van der Waals surface area contributed by atoms with Crippen LogP contribution in [0.4, 0.5) is 11.4 Å². The van der Waals surface area contributed by atoms with Crippen molar-refractivity contribution in [2.45, 2.75) is 44.6 Å². The number of nitrogens with zero attached hydrogens (tertiary/aromatic N) is 1. The Morgan fingerprint density at radius 2 is 2.05 bits per heavy atom. The molecule has 5 heteroatoms. The summed E-state index contributed by atoms with van der Waals surface area (Å²) in [7, 11) is 0. The van der Waals surface area contributed by atoms with Crippen molar-refractivity contribution >= 4 is 11.4 Å². The van der Waals surface area contributed by atoms with E-state index in [1.54, 1.807) is 12.1 Å². The SMILES string of the molecule is O=[N+]([O-])c1ccc2c(c1)[C@H]1OCC[C@H]1C(=C1CCCCC1)N2. The van der Waals surface area contributed by atoms with E-state index in [2.05, 4.69) is 5.32 Å². The highest BCUT2D eigenvalue weighted by Crippen LogP contribution is 2.49. The first-order valence-electron chi connectivity index (χ1n) is 8.13. The molecule has 0 aromatic heterocycles.